The predicted molar refractivity (Wildman–Crippen MR) is 139 cm³/mol. The fourth-order valence-corrected chi connectivity index (χ4v) is 4.60. The number of nitrogens with one attached hydrogen (secondary N) is 3. The summed E-state index contributed by atoms with van der Waals surface area (Å²) in [5.74, 6) is -0.603. The predicted octanol–water partition coefficient (Wildman–Crippen LogP) is 6.65. The third-order valence-corrected chi connectivity index (χ3v) is 6.58. The van der Waals surface area contributed by atoms with Crippen molar-refractivity contribution in [2.75, 3.05) is 10.6 Å². The Hall–Kier alpha value is -3.33. The molecule has 1 aliphatic carbocycles. The van der Waals surface area contributed by atoms with E-state index in [1.54, 1.807) is 44.2 Å². The molecule has 1 aromatic heterocycles. The maximum absolute atomic E-state index is 13.5. The lowest BCUT2D eigenvalue weighted by atomic mass is 9.90. The summed E-state index contributed by atoms with van der Waals surface area (Å²) in [6.45, 7) is 3.57. The van der Waals surface area contributed by atoms with E-state index < -0.39 is 11.9 Å². The summed E-state index contributed by atoms with van der Waals surface area (Å²) < 4.78 is 40.4. The lowest BCUT2D eigenvalue weighted by Crippen LogP contribution is -2.41. The van der Waals surface area contributed by atoms with Crippen molar-refractivity contribution in [3.63, 3.8) is 0 Å². The molecule has 2 atom stereocenters. The van der Waals surface area contributed by atoms with Crippen molar-refractivity contribution in [1.82, 2.24) is 10.3 Å². The molecule has 0 aliphatic heterocycles. The van der Waals surface area contributed by atoms with Crippen molar-refractivity contribution in [1.29, 1.82) is 0 Å². The van der Waals surface area contributed by atoms with Crippen molar-refractivity contribution in [2.24, 2.45) is 5.92 Å². The molecule has 37 heavy (non-hydrogen) atoms. The second-order valence-corrected chi connectivity index (χ2v) is 10.1. The van der Waals surface area contributed by atoms with Gasteiger partial charge in [0.15, 0.2) is 0 Å². The van der Waals surface area contributed by atoms with Gasteiger partial charge in [-0.1, -0.05) is 31.5 Å². The molecular formula is C27H28ClF3N4O2. The highest BCUT2D eigenvalue weighted by Crippen LogP contribution is 2.35. The monoisotopic (exact) mass is 532 g/mol. The molecule has 3 aromatic rings. The quantitative estimate of drug-likeness (QED) is 0.332. The normalized spacial score (nSPS) is 18.0. The molecule has 0 bridgehead atoms. The zero-order valence-corrected chi connectivity index (χ0v) is 21.2. The van der Waals surface area contributed by atoms with Crippen LogP contribution >= 0.6 is 11.6 Å². The van der Waals surface area contributed by atoms with Crippen molar-refractivity contribution < 1.29 is 22.8 Å². The molecule has 2 amide bonds. The van der Waals surface area contributed by atoms with E-state index in [0.717, 1.165) is 25.3 Å². The summed E-state index contributed by atoms with van der Waals surface area (Å²) in [5.41, 5.74) is 0.492. The van der Waals surface area contributed by atoms with E-state index in [9.17, 15) is 22.8 Å². The molecule has 0 saturated heterocycles. The van der Waals surface area contributed by atoms with Crippen LogP contribution in [-0.2, 0) is 11.0 Å². The summed E-state index contributed by atoms with van der Waals surface area (Å²) in [6.07, 6.45) is -1.75. The molecule has 0 unspecified atom stereocenters. The molecule has 1 aliphatic rings. The number of halogens is 4. The summed E-state index contributed by atoms with van der Waals surface area (Å²) in [6, 6.07) is 12.0. The van der Waals surface area contributed by atoms with Crippen LogP contribution in [0.5, 0.6) is 0 Å². The minimum Gasteiger partial charge on any atom is -0.382 e. The molecule has 10 heteroatoms. The number of aromatic nitrogens is 1. The Labute approximate surface area is 218 Å². The Bertz CT molecular complexity index is 1310. The largest absolute Gasteiger partial charge is 0.433 e. The van der Waals surface area contributed by atoms with Gasteiger partial charge in [-0.05, 0) is 68.1 Å². The maximum Gasteiger partial charge on any atom is 0.433 e. The molecule has 0 spiro atoms. The smallest absolute Gasteiger partial charge is 0.382 e. The molecule has 1 saturated carbocycles. The summed E-state index contributed by atoms with van der Waals surface area (Å²) in [4.78, 5) is 28.7. The molecule has 1 heterocycles. The van der Waals surface area contributed by atoms with E-state index >= 15 is 0 Å². The fourth-order valence-electron chi connectivity index (χ4n) is 4.43. The highest BCUT2D eigenvalue weighted by molar-refractivity contribution is 6.31. The van der Waals surface area contributed by atoms with Gasteiger partial charge in [0.05, 0.1) is 5.52 Å². The highest BCUT2D eigenvalue weighted by Gasteiger charge is 2.34. The Balaban J connectivity index is 1.47. The van der Waals surface area contributed by atoms with Gasteiger partial charge in [0.25, 0.3) is 5.91 Å². The Kier molecular flexibility index (Phi) is 7.92. The van der Waals surface area contributed by atoms with E-state index in [1.807, 2.05) is 0 Å². The second-order valence-electron chi connectivity index (χ2n) is 9.62. The van der Waals surface area contributed by atoms with Crippen molar-refractivity contribution in [3.05, 3.63) is 64.8 Å². The lowest BCUT2D eigenvalue weighted by molar-refractivity contribution is -0.140. The van der Waals surface area contributed by atoms with Gasteiger partial charge in [-0.2, -0.15) is 13.2 Å². The number of carbonyl (C=O) groups excluding carboxylic acids is 2. The van der Waals surface area contributed by atoms with E-state index in [1.165, 1.54) is 12.1 Å². The number of rotatable bonds is 6. The first-order valence-corrected chi connectivity index (χ1v) is 12.5. The fraction of sp³-hybridized carbons (Fsp3) is 0.370. The van der Waals surface area contributed by atoms with Crippen molar-refractivity contribution >= 4 is 45.7 Å². The van der Waals surface area contributed by atoms with Gasteiger partial charge in [-0.15, -0.1) is 0 Å². The maximum atomic E-state index is 13.5. The Morgan fingerprint density at radius 3 is 2.54 bits per heavy atom. The van der Waals surface area contributed by atoms with Crippen molar-refractivity contribution in [2.45, 2.75) is 57.8 Å². The number of pyridine rings is 1. The standard InChI is InChI=1S/C27H28ClF3N4O2/c1-15(2)25(36)33-18-6-3-5-16(11-18)26(37)34-20-8-4-7-19(13-20)32-23-14-24(27(29,30)31)35-22-10-9-17(28)12-21(22)23/h3,5-6,9-12,14-15,19-20H,4,7-8,13H2,1-2H3,(H,32,35)(H,33,36)(H,34,37)/t19-,20+/m0/s1. The Morgan fingerprint density at radius 1 is 1.05 bits per heavy atom. The molecule has 1 fully saturated rings. The first kappa shape index (κ1) is 26.7. The lowest BCUT2D eigenvalue weighted by Gasteiger charge is -2.31. The number of hydrogen-bond donors (Lipinski definition) is 3. The second kappa shape index (κ2) is 11.0. The van der Waals surface area contributed by atoms with Crippen LogP contribution in [0.2, 0.25) is 5.02 Å². The van der Waals surface area contributed by atoms with Crippen LogP contribution in [0.3, 0.4) is 0 Å². The number of carbonyl (C=O) groups is 2. The van der Waals surface area contributed by atoms with Crippen LogP contribution in [0.4, 0.5) is 24.5 Å². The third kappa shape index (κ3) is 6.71. The van der Waals surface area contributed by atoms with Gasteiger partial charge in [0, 0.05) is 45.3 Å². The van der Waals surface area contributed by atoms with Gasteiger partial charge >= 0.3 is 6.18 Å². The molecular weight excluding hydrogens is 505 g/mol. The van der Waals surface area contributed by atoms with Gasteiger partial charge < -0.3 is 16.0 Å². The average Bonchev–Trinajstić information content (AvgIpc) is 2.84. The van der Waals surface area contributed by atoms with Crippen LogP contribution in [-0.4, -0.2) is 28.9 Å². The van der Waals surface area contributed by atoms with Crippen LogP contribution in [0.25, 0.3) is 10.9 Å². The summed E-state index contributed by atoms with van der Waals surface area (Å²) in [7, 11) is 0. The van der Waals surface area contributed by atoms with Crippen LogP contribution < -0.4 is 16.0 Å². The molecule has 0 radical (unpaired) electrons. The topological polar surface area (TPSA) is 83.1 Å². The first-order chi connectivity index (χ1) is 17.5. The SMILES string of the molecule is CC(C)C(=O)Nc1cccc(C(=O)N[C@@H]2CCC[C@H](Nc3cc(C(F)(F)F)nc4ccc(Cl)cc34)C2)c1. The Morgan fingerprint density at radius 2 is 1.81 bits per heavy atom. The third-order valence-electron chi connectivity index (χ3n) is 6.35. The average molecular weight is 533 g/mol. The summed E-state index contributed by atoms with van der Waals surface area (Å²) in [5, 5.41) is 9.97. The van der Waals surface area contributed by atoms with E-state index in [0.29, 0.717) is 33.8 Å². The highest BCUT2D eigenvalue weighted by atomic mass is 35.5. The number of benzene rings is 2. The van der Waals surface area contributed by atoms with Gasteiger partial charge in [0.2, 0.25) is 5.91 Å². The molecule has 2 aromatic carbocycles. The minimum absolute atomic E-state index is 0.141. The number of anilines is 2. The van der Waals surface area contributed by atoms with E-state index in [4.69, 9.17) is 11.6 Å². The molecule has 196 valence electrons. The van der Waals surface area contributed by atoms with Crippen LogP contribution in [0.15, 0.2) is 48.5 Å². The number of amides is 2. The number of nitrogens with zero attached hydrogens (tertiary/aromatic N) is 1. The van der Waals surface area contributed by atoms with Crippen LogP contribution in [0, 0.1) is 5.92 Å². The van der Waals surface area contributed by atoms with Gasteiger partial charge in [0.1, 0.15) is 5.69 Å². The van der Waals surface area contributed by atoms with Crippen LogP contribution in [0.1, 0.15) is 55.6 Å². The van der Waals surface area contributed by atoms with Gasteiger partial charge in [-0.25, -0.2) is 4.98 Å². The number of alkyl halides is 3. The first-order valence-electron chi connectivity index (χ1n) is 12.2. The number of fused-ring (bicyclic) bond motifs is 1. The zero-order chi connectivity index (χ0) is 26.7. The number of hydrogen-bond acceptors (Lipinski definition) is 4. The van der Waals surface area contributed by atoms with E-state index in [2.05, 4.69) is 20.9 Å². The van der Waals surface area contributed by atoms with Gasteiger partial charge in [-0.3, -0.25) is 9.59 Å². The molecule has 3 N–H and O–H groups in total. The van der Waals surface area contributed by atoms with E-state index in [-0.39, 0.29) is 35.3 Å². The molecule has 6 nitrogen and oxygen atoms in total. The molecule has 4 rings (SSSR count). The minimum atomic E-state index is -4.59. The summed E-state index contributed by atoms with van der Waals surface area (Å²) >= 11 is 6.11. The van der Waals surface area contributed by atoms with Crippen molar-refractivity contribution in [3.8, 4) is 0 Å². The zero-order valence-electron chi connectivity index (χ0n) is 20.5.